The van der Waals surface area contributed by atoms with Crippen LogP contribution in [0.1, 0.15) is 57.9 Å². The molecule has 144 valence electrons. The fourth-order valence-corrected chi connectivity index (χ4v) is 3.91. The predicted octanol–water partition coefficient (Wildman–Crippen LogP) is 3.67. The summed E-state index contributed by atoms with van der Waals surface area (Å²) in [5.74, 6) is 1.92. The highest BCUT2D eigenvalue weighted by atomic mass is 16.5. The lowest BCUT2D eigenvalue weighted by atomic mass is 9.98. The van der Waals surface area contributed by atoms with E-state index < -0.39 is 0 Å². The van der Waals surface area contributed by atoms with Crippen LogP contribution >= 0.6 is 0 Å². The minimum absolute atomic E-state index is 0.0258. The number of aromatic nitrogens is 1. The highest BCUT2D eigenvalue weighted by Crippen LogP contribution is 2.40. The van der Waals surface area contributed by atoms with Crippen molar-refractivity contribution in [3.05, 3.63) is 77.1 Å². The van der Waals surface area contributed by atoms with Gasteiger partial charge < -0.3 is 14.3 Å². The van der Waals surface area contributed by atoms with Crippen molar-refractivity contribution in [2.24, 2.45) is 0 Å². The fraction of sp³-hybridized carbons (Fsp3) is 0.364. The molecule has 2 aromatic heterocycles. The van der Waals surface area contributed by atoms with Crippen LogP contribution in [0.15, 0.2) is 57.7 Å². The number of nitrogens with one attached hydrogen (secondary N) is 1. The maximum atomic E-state index is 12.6. The van der Waals surface area contributed by atoms with E-state index >= 15 is 0 Å². The normalized spacial score (nSPS) is 17.9. The van der Waals surface area contributed by atoms with E-state index in [2.05, 4.69) is 39.6 Å². The molecule has 0 radical (unpaired) electrons. The van der Waals surface area contributed by atoms with Crippen molar-refractivity contribution in [2.45, 2.75) is 37.8 Å². The summed E-state index contributed by atoms with van der Waals surface area (Å²) >= 11 is 0. The first-order chi connectivity index (χ1) is 13.8. The van der Waals surface area contributed by atoms with Crippen LogP contribution in [-0.4, -0.2) is 29.1 Å². The minimum Gasteiger partial charge on any atom is -0.468 e. The van der Waals surface area contributed by atoms with Crippen LogP contribution in [0.3, 0.4) is 0 Å². The Morgan fingerprint density at radius 3 is 2.86 bits per heavy atom. The van der Waals surface area contributed by atoms with Crippen LogP contribution in [0.5, 0.6) is 0 Å². The van der Waals surface area contributed by atoms with Gasteiger partial charge in [0.1, 0.15) is 11.5 Å². The Kier molecular flexibility index (Phi) is 4.49. The van der Waals surface area contributed by atoms with E-state index in [1.165, 1.54) is 11.1 Å². The van der Waals surface area contributed by atoms with E-state index in [-0.39, 0.29) is 11.9 Å². The quantitative estimate of drug-likeness (QED) is 0.710. The molecule has 3 heterocycles. The van der Waals surface area contributed by atoms with Crippen molar-refractivity contribution in [3.63, 3.8) is 0 Å². The van der Waals surface area contributed by atoms with E-state index in [4.69, 9.17) is 8.94 Å². The third-order valence-electron chi connectivity index (χ3n) is 5.67. The second kappa shape index (κ2) is 7.28. The molecule has 2 aliphatic rings. The Balaban J connectivity index is 1.30. The molecule has 1 amide bonds. The van der Waals surface area contributed by atoms with Gasteiger partial charge >= 0.3 is 0 Å². The topological polar surface area (TPSA) is 71.5 Å². The highest BCUT2D eigenvalue weighted by molar-refractivity contribution is 5.92. The number of fused-ring (bicyclic) bond motifs is 1. The fourth-order valence-electron chi connectivity index (χ4n) is 3.91. The molecule has 28 heavy (non-hydrogen) atoms. The average molecular weight is 377 g/mol. The number of furan rings is 1. The summed E-state index contributed by atoms with van der Waals surface area (Å²) in [5.41, 5.74) is 3.09. The zero-order chi connectivity index (χ0) is 18.9. The van der Waals surface area contributed by atoms with E-state index in [0.29, 0.717) is 18.2 Å². The minimum atomic E-state index is -0.204. The van der Waals surface area contributed by atoms with Crippen LogP contribution in [0, 0.1) is 0 Å². The average Bonchev–Trinajstić information content (AvgIpc) is 3.22. The summed E-state index contributed by atoms with van der Waals surface area (Å²) in [6.07, 6.45) is 4.91. The highest BCUT2D eigenvalue weighted by Gasteiger charge is 2.30. The van der Waals surface area contributed by atoms with E-state index in [0.717, 1.165) is 43.9 Å². The van der Waals surface area contributed by atoms with Gasteiger partial charge in [0.05, 0.1) is 12.3 Å². The second-order valence-corrected chi connectivity index (χ2v) is 7.62. The first-order valence-corrected chi connectivity index (χ1v) is 9.87. The van der Waals surface area contributed by atoms with Gasteiger partial charge in [-0.1, -0.05) is 29.4 Å². The molecule has 6 nitrogen and oxygen atoms in total. The number of carbonyl (C=O) groups excluding carboxylic acids is 1. The summed E-state index contributed by atoms with van der Waals surface area (Å²) in [6, 6.07) is 14.1. The molecule has 3 aromatic rings. The largest absolute Gasteiger partial charge is 0.468 e. The van der Waals surface area contributed by atoms with E-state index in [1.807, 2.05) is 12.1 Å². The van der Waals surface area contributed by atoms with Gasteiger partial charge in [-0.15, -0.1) is 0 Å². The molecule has 6 heteroatoms. The van der Waals surface area contributed by atoms with Gasteiger partial charge in [-0.3, -0.25) is 9.69 Å². The lowest BCUT2D eigenvalue weighted by Crippen LogP contribution is -2.40. The Morgan fingerprint density at radius 1 is 1.21 bits per heavy atom. The third-order valence-corrected chi connectivity index (χ3v) is 5.67. The molecule has 1 aliphatic heterocycles. The summed E-state index contributed by atoms with van der Waals surface area (Å²) < 4.78 is 11.0. The maximum absolute atomic E-state index is 12.6. The zero-order valence-corrected chi connectivity index (χ0v) is 15.6. The standard InChI is InChI=1S/C22H23N3O3/c26-22(18-12-21(28-24-18)16-7-8-16)23-13-19(20-6-3-11-27-20)25-10-9-15-4-1-2-5-17(15)14-25/h1-6,11-12,16,19H,7-10,13-14H2,(H,23,26)/t19-/m0/s1. The molecule has 0 bridgehead atoms. The molecule has 1 atom stereocenters. The number of rotatable bonds is 6. The van der Waals surface area contributed by atoms with Gasteiger partial charge in [-0.05, 0) is 42.5 Å². The number of nitrogens with zero attached hydrogens (tertiary/aromatic N) is 2. The van der Waals surface area contributed by atoms with Crippen molar-refractivity contribution in [1.82, 2.24) is 15.4 Å². The smallest absolute Gasteiger partial charge is 0.273 e. The third kappa shape index (κ3) is 3.47. The van der Waals surface area contributed by atoms with Gasteiger partial charge in [0.25, 0.3) is 5.91 Å². The molecular weight excluding hydrogens is 354 g/mol. The van der Waals surface area contributed by atoms with Crippen molar-refractivity contribution >= 4 is 5.91 Å². The summed E-state index contributed by atoms with van der Waals surface area (Å²) in [4.78, 5) is 14.9. The maximum Gasteiger partial charge on any atom is 0.273 e. The molecule has 1 aromatic carbocycles. The first kappa shape index (κ1) is 17.3. The Hall–Kier alpha value is -2.86. The van der Waals surface area contributed by atoms with Crippen LogP contribution in [-0.2, 0) is 13.0 Å². The van der Waals surface area contributed by atoms with E-state index in [1.54, 1.807) is 12.3 Å². The van der Waals surface area contributed by atoms with Crippen LogP contribution in [0.2, 0.25) is 0 Å². The lowest BCUT2D eigenvalue weighted by molar-refractivity contribution is 0.0910. The van der Waals surface area contributed by atoms with Crippen LogP contribution in [0.25, 0.3) is 0 Å². The summed E-state index contributed by atoms with van der Waals surface area (Å²) in [5, 5.41) is 6.95. The summed E-state index contributed by atoms with van der Waals surface area (Å²) in [7, 11) is 0. The number of hydrogen-bond donors (Lipinski definition) is 1. The second-order valence-electron chi connectivity index (χ2n) is 7.62. The number of carbonyl (C=O) groups is 1. The number of hydrogen-bond acceptors (Lipinski definition) is 5. The molecular formula is C22H23N3O3. The van der Waals surface area contributed by atoms with Crippen molar-refractivity contribution < 1.29 is 13.7 Å². The Bertz CT molecular complexity index is 959. The van der Waals surface area contributed by atoms with Gasteiger partial charge in [-0.25, -0.2) is 0 Å². The van der Waals surface area contributed by atoms with E-state index in [9.17, 15) is 4.79 Å². The van der Waals surface area contributed by atoms with Gasteiger partial charge in [-0.2, -0.15) is 0 Å². The van der Waals surface area contributed by atoms with Crippen LogP contribution < -0.4 is 5.32 Å². The van der Waals surface area contributed by atoms with Crippen molar-refractivity contribution in [1.29, 1.82) is 0 Å². The lowest BCUT2D eigenvalue weighted by Gasteiger charge is -2.34. The molecule has 0 saturated heterocycles. The molecule has 1 aliphatic carbocycles. The Morgan fingerprint density at radius 2 is 2.07 bits per heavy atom. The van der Waals surface area contributed by atoms with Crippen LogP contribution in [0.4, 0.5) is 0 Å². The zero-order valence-electron chi connectivity index (χ0n) is 15.6. The molecule has 0 unspecified atom stereocenters. The van der Waals surface area contributed by atoms with Gasteiger partial charge in [0.15, 0.2) is 5.69 Å². The molecule has 1 saturated carbocycles. The number of amides is 1. The molecule has 0 spiro atoms. The monoisotopic (exact) mass is 377 g/mol. The Labute approximate surface area is 163 Å². The SMILES string of the molecule is O=C(NC[C@@H](c1ccco1)N1CCc2ccccc2C1)c1cc(C2CC2)on1. The predicted molar refractivity (Wildman–Crippen MR) is 103 cm³/mol. The molecule has 5 rings (SSSR count). The summed E-state index contributed by atoms with van der Waals surface area (Å²) in [6.45, 7) is 2.22. The van der Waals surface area contributed by atoms with Gasteiger partial charge in [0, 0.05) is 31.6 Å². The van der Waals surface area contributed by atoms with Gasteiger partial charge in [0.2, 0.25) is 0 Å². The van der Waals surface area contributed by atoms with Crippen molar-refractivity contribution in [3.8, 4) is 0 Å². The molecule has 1 N–H and O–H groups in total. The number of benzene rings is 1. The first-order valence-electron chi connectivity index (χ1n) is 9.87. The molecule has 1 fully saturated rings. The van der Waals surface area contributed by atoms with Crippen molar-refractivity contribution in [2.75, 3.05) is 13.1 Å².